The maximum atomic E-state index is 12.4. The predicted molar refractivity (Wildman–Crippen MR) is 111 cm³/mol. The van der Waals surface area contributed by atoms with Crippen molar-refractivity contribution in [1.82, 2.24) is 4.90 Å². The summed E-state index contributed by atoms with van der Waals surface area (Å²) < 4.78 is 8.90. The van der Waals surface area contributed by atoms with E-state index in [-0.39, 0.29) is 6.61 Å². The highest BCUT2D eigenvalue weighted by atomic mass is 16.5. The van der Waals surface area contributed by atoms with Crippen molar-refractivity contribution in [1.29, 1.82) is 0 Å². The van der Waals surface area contributed by atoms with E-state index in [1.54, 1.807) is 32.0 Å². The molecule has 7 nitrogen and oxygen atoms in total. The molecular weight excluding hydrogens is 373 g/mol. The van der Waals surface area contributed by atoms with Crippen LogP contribution in [0.3, 0.4) is 0 Å². The van der Waals surface area contributed by atoms with Gasteiger partial charge in [0.2, 0.25) is 5.91 Å². The highest BCUT2D eigenvalue weighted by Gasteiger charge is 2.50. The van der Waals surface area contributed by atoms with Gasteiger partial charge in [-0.25, -0.2) is 4.79 Å². The number of esters is 1. The van der Waals surface area contributed by atoms with Crippen LogP contribution in [-0.2, 0) is 34.2 Å². The van der Waals surface area contributed by atoms with Gasteiger partial charge in [0.05, 0.1) is 18.8 Å². The van der Waals surface area contributed by atoms with E-state index in [0.29, 0.717) is 31.4 Å². The minimum absolute atomic E-state index is 0.0849. The molecule has 0 saturated heterocycles. The van der Waals surface area contributed by atoms with Gasteiger partial charge in [-0.15, -0.1) is 0 Å². The van der Waals surface area contributed by atoms with Crippen LogP contribution in [0.5, 0.6) is 0 Å². The summed E-state index contributed by atoms with van der Waals surface area (Å²) in [6.07, 6.45) is 2.09. The third kappa shape index (κ3) is 7.04. The molecule has 2 amide bonds. The van der Waals surface area contributed by atoms with Crippen LogP contribution in [0.2, 0.25) is 0 Å². The lowest BCUT2D eigenvalue weighted by Crippen LogP contribution is -2.58. The Labute approximate surface area is 174 Å². The van der Waals surface area contributed by atoms with Crippen LogP contribution in [0.25, 0.3) is 0 Å². The molecule has 2 rings (SSSR count). The Morgan fingerprint density at radius 1 is 1.17 bits per heavy atom. The minimum Gasteiger partial charge on any atom is -0.468 e. The Morgan fingerprint density at radius 2 is 1.79 bits per heavy atom. The molecule has 158 valence electrons. The number of amides is 2. The first kappa shape index (κ1) is 26.4. The van der Waals surface area contributed by atoms with Crippen molar-refractivity contribution >= 4 is 37.6 Å². The molecule has 1 aliphatic carbocycles. The average molecular weight is 403 g/mol. The molecule has 0 N–H and O–H groups in total. The molecule has 0 atom stereocenters. The van der Waals surface area contributed by atoms with Gasteiger partial charge in [-0.05, 0) is 38.7 Å². The van der Waals surface area contributed by atoms with Gasteiger partial charge in [0.15, 0.2) is 0 Å². The van der Waals surface area contributed by atoms with Crippen molar-refractivity contribution in [3.8, 4) is 0 Å². The van der Waals surface area contributed by atoms with Gasteiger partial charge in [0.25, 0.3) is 6.47 Å². The largest absolute Gasteiger partial charge is 0.468 e. The van der Waals surface area contributed by atoms with E-state index < -0.39 is 23.3 Å². The number of ether oxygens (including phenoxy) is 2. The summed E-state index contributed by atoms with van der Waals surface area (Å²) in [6.45, 7) is 9.64. The van der Waals surface area contributed by atoms with Crippen molar-refractivity contribution in [2.45, 2.75) is 59.4 Å². The first-order valence-corrected chi connectivity index (χ1v) is 9.77. The lowest BCUT2D eigenvalue weighted by atomic mass is 9.69. The summed E-state index contributed by atoms with van der Waals surface area (Å²) >= 11 is 0. The monoisotopic (exact) mass is 403 g/mol. The zero-order valence-corrected chi connectivity index (χ0v) is 17.9. The number of benzene rings is 1. The van der Waals surface area contributed by atoms with Crippen LogP contribution >= 0.6 is 0 Å². The van der Waals surface area contributed by atoms with Gasteiger partial charge in [0, 0.05) is 6.92 Å². The topological polar surface area (TPSA) is 90.0 Å². The second-order valence-corrected chi connectivity index (χ2v) is 5.94. The molecule has 2 radical (unpaired) electrons. The predicted octanol–water partition coefficient (Wildman–Crippen LogP) is 2.00. The van der Waals surface area contributed by atoms with Crippen LogP contribution in [0.15, 0.2) is 24.3 Å². The maximum Gasteiger partial charge on any atom is 0.397 e. The summed E-state index contributed by atoms with van der Waals surface area (Å²) in [5.74, 6) is -2.40. The summed E-state index contributed by atoms with van der Waals surface area (Å²) in [7, 11) is 5.81. The Morgan fingerprint density at radius 3 is 2.14 bits per heavy atom. The van der Waals surface area contributed by atoms with E-state index in [1.165, 1.54) is 6.92 Å². The molecular formula is C21H30BNO6. The molecule has 1 aromatic carbocycles. The first-order chi connectivity index (χ1) is 13.8. The van der Waals surface area contributed by atoms with Crippen molar-refractivity contribution in [2.75, 3.05) is 13.2 Å². The number of carbonyl (C=O) groups is 4. The summed E-state index contributed by atoms with van der Waals surface area (Å²) in [5.41, 5.74) is 0.521. The Hall–Kier alpha value is -2.64. The second-order valence-electron chi connectivity index (χ2n) is 5.94. The molecule has 0 heterocycles. The molecule has 1 aromatic rings. The van der Waals surface area contributed by atoms with E-state index >= 15 is 0 Å². The van der Waals surface area contributed by atoms with E-state index in [2.05, 4.69) is 4.74 Å². The van der Waals surface area contributed by atoms with Gasteiger partial charge in [-0.1, -0.05) is 43.6 Å². The van der Waals surface area contributed by atoms with Crippen LogP contribution < -0.4 is 5.46 Å². The van der Waals surface area contributed by atoms with Crippen LogP contribution in [0, 0.1) is 0 Å². The average Bonchev–Trinajstić information content (AvgIpc) is 2.66. The number of rotatable bonds is 5. The van der Waals surface area contributed by atoms with Gasteiger partial charge >= 0.3 is 11.9 Å². The molecule has 0 aliphatic heterocycles. The maximum absolute atomic E-state index is 12.4. The molecule has 29 heavy (non-hydrogen) atoms. The Kier molecular flexibility index (Phi) is 12.3. The Balaban J connectivity index is 0.000000977. The number of hydrogen-bond acceptors (Lipinski definition) is 6. The lowest BCUT2D eigenvalue weighted by Gasteiger charge is -2.48. The third-order valence-corrected chi connectivity index (χ3v) is 4.24. The number of carbonyl (C=O) groups excluding carboxylic acids is 4. The van der Waals surface area contributed by atoms with Crippen molar-refractivity contribution < 1.29 is 28.7 Å². The van der Waals surface area contributed by atoms with E-state index in [4.69, 9.17) is 12.6 Å². The van der Waals surface area contributed by atoms with E-state index in [1.807, 2.05) is 19.9 Å². The van der Waals surface area contributed by atoms with Crippen LogP contribution in [-0.4, -0.2) is 50.2 Å². The van der Waals surface area contributed by atoms with Gasteiger partial charge < -0.3 is 9.47 Å². The molecule has 1 saturated carbocycles. The van der Waals surface area contributed by atoms with Crippen LogP contribution in [0.1, 0.15) is 59.4 Å². The standard InChI is InChI=1S/C16H18BNO4.C3H6O2.C2H6/c1-3-22-15(21)14(20)18(11(2)19)16(8-5-9-16)12-6-4-7-13(17)10-12;1-2-5-3-4;1-2/h4,6-7,10H,3,5,8-9H2,1-2H3;3H,2H2,1H3;1-2H3. The normalized spacial score (nSPS) is 13.1. The zero-order chi connectivity index (χ0) is 22.4. The van der Waals surface area contributed by atoms with Crippen LogP contribution in [0.4, 0.5) is 0 Å². The number of nitrogens with zero attached hydrogens (tertiary/aromatic N) is 1. The fraction of sp³-hybridized carbons (Fsp3) is 0.524. The first-order valence-electron chi connectivity index (χ1n) is 9.77. The lowest BCUT2D eigenvalue weighted by molar-refractivity contribution is -0.170. The summed E-state index contributed by atoms with van der Waals surface area (Å²) in [5, 5.41) is 0. The number of imide groups is 1. The SMILES string of the molecule is CC.CCOC=O.[B]c1cccc(C2(N(C(C)=O)C(=O)C(=O)OCC)CCC2)c1. The highest BCUT2D eigenvalue weighted by molar-refractivity contribution is 6.35. The summed E-state index contributed by atoms with van der Waals surface area (Å²) in [6, 6.07) is 7.08. The molecule has 8 heteroatoms. The van der Waals surface area contributed by atoms with Gasteiger partial charge in [-0.2, -0.15) is 0 Å². The van der Waals surface area contributed by atoms with Crippen molar-refractivity contribution in [3.63, 3.8) is 0 Å². The molecule has 1 fully saturated rings. The van der Waals surface area contributed by atoms with E-state index in [0.717, 1.165) is 16.9 Å². The van der Waals surface area contributed by atoms with E-state index in [9.17, 15) is 19.2 Å². The molecule has 0 unspecified atom stereocenters. The second kappa shape index (κ2) is 13.5. The third-order valence-electron chi connectivity index (χ3n) is 4.24. The highest BCUT2D eigenvalue weighted by Crippen LogP contribution is 2.46. The molecule has 0 aromatic heterocycles. The fourth-order valence-corrected chi connectivity index (χ4v) is 2.97. The summed E-state index contributed by atoms with van der Waals surface area (Å²) in [4.78, 5) is 46.4. The Bertz CT molecular complexity index is 688. The van der Waals surface area contributed by atoms with Gasteiger partial charge in [0.1, 0.15) is 7.85 Å². The minimum atomic E-state index is -1.01. The van der Waals surface area contributed by atoms with Gasteiger partial charge in [-0.3, -0.25) is 19.3 Å². The molecule has 0 spiro atoms. The number of hydrogen-bond donors (Lipinski definition) is 0. The quantitative estimate of drug-likeness (QED) is 0.323. The zero-order valence-electron chi connectivity index (χ0n) is 17.9. The fourth-order valence-electron chi connectivity index (χ4n) is 2.97. The van der Waals surface area contributed by atoms with Crippen molar-refractivity contribution in [2.24, 2.45) is 0 Å². The smallest absolute Gasteiger partial charge is 0.397 e. The molecule has 1 aliphatic rings. The molecule has 0 bridgehead atoms. The van der Waals surface area contributed by atoms with Crippen molar-refractivity contribution in [3.05, 3.63) is 29.8 Å².